The number of rotatable bonds is 6. The molecule has 3 aromatic carbocycles. The number of hydrogen-bond donors (Lipinski definition) is 1. The molecule has 5 heteroatoms. The molecule has 5 nitrogen and oxygen atoms in total. The zero-order valence-electron chi connectivity index (χ0n) is 16.0. The molecule has 3 aromatic rings. The van der Waals surface area contributed by atoms with Crippen molar-refractivity contribution in [3.63, 3.8) is 0 Å². The smallest absolute Gasteiger partial charge is 0.262 e. The van der Waals surface area contributed by atoms with Crippen LogP contribution in [0.15, 0.2) is 78.9 Å². The fraction of sp³-hybridized carbons (Fsp3) is 0.167. The van der Waals surface area contributed by atoms with E-state index < -0.39 is 0 Å². The lowest BCUT2D eigenvalue weighted by Crippen LogP contribution is -2.24. The number of nitrogens with one attached hydrogen (secondary N) is 1. The lowest BCUT2D eigenvalue weighted by Gasteiger charge is -2.17. The van der Waals surface area contributed by atoms with Gasteiger partial charge in [-0.25, -0.2) is 0 Å². The first-order valence-electron chi connectivity index (χ1n) is 9.68. The van der Waals surface area contributed by atoms with Gasteiger partial charge in [-0.15, -0.1) is 0 Å². The van der Waals surface area contributed by atoms with Crippen LogP contribution >= 0.6 is 0 Å². The number of amides is 2. The molecule has 1 heterocycles. The minimum atomic E-state index is -0.252. The predicted octanol–water partition coefficient (Wildman–Crippen LogP) is 4.50. The van der Waals surface area contributed by atoms with Crippen molar-refractivity contribution in [1.29, 1.82) is 0 Å². The maximum absolute atomic E-state index is 12.4. The van der Waals surface area contributed by atoms with E-state index in [1.165, 1.54) is 0 Å². The molecule has 0 atom stereocenters. The highest BCUT2D eigenvalue weighted by molar-refractivity contribution is 5.97. The fourth-order valence-corrected chi connectivity index (χ4v) is 3.46. The summed E-state index contributed by atoms with van der Waals surface area (Å²) in [5.41, 5.74) is 3.43. The third-order valence-electron chi connectivity index (χ3n) is 4.85. The van der Waals surface area contributed by atoms with Crippen LogP contribution in [0.5, 0.6) is 5.75 Å². The summed E-state index contributed by atoms with van der Waals surface area (Å²) in [6.45, 7) is 0.617. The summed E-state index contributed by atoms with van der Waals surface area (Å²) < 4.78 is 5.80. The molecule has 146 valence electrons. The molecule has 29 heavy (non-hydrogen) atoms. The van der Waals surface area contributed by atoms with Crippen LogP contribution < -0.4 is 15.0 Å². The van der Waals surface area contributed by atoms with Crippen molar-refractivity contribution >= 4 is 23.2 Å². The Morgan fingerprint density at radius 1 is 0.966 bits per heavy atom. The van der Waals surface area contributed by atoms with Crippen LogP contribution in [0, 0.1) is 0 Å². The standard InChI is InChI=1S/C24H22N2O3/c27-23(25-19-10-6-11-20(16-19)26-15-7-14-24(26)28)17-29-22-13-5-4-12-21(22)18-8-2-1-3-9-18/h1-6,8-13,16H,7,14-15,17H2,(H,25,27). The van der Waals surface area contributed by atoms with Crippen LogP contribution in [0.1, 0.15) is 12.8 Å². The van der Waals surface area contributed by atoms with Crippen LogP contribution in [0.3, 0.4) is 0 Å². The van der Waals surface area contributed by atoms with Gasteiger partial charge in [-0.2, -0.15) is 0 Å². The van der Waals surface area contributed by atoms with Crippen molar-refractivity contribution in [3.05, 3.63) is 78.9 Å². The lowest BCUT2D eigenvalue weighted by atomic mass is 10.1. The van der Waals surface area contributed by atoms with Crippen LogP contribution in [-0.4, -0.2) is 25.0 Å². The third-order valence-corrected chi connectivity index (χ3v) is 4.85. The molecule has 1 N–H and O–H groups in total. The highest BCUT2D eigenvalue weighted by Crippen LogP contribution is 2.29. The molecule has 0 aliphatic carbocycles. The number of ether oxygens (including phenoxy) is 1. The SMILES string of the molecule is O=C(COc1ccccc1-c1ccccc1)Nc1cccc(N2CCCC2=O)c1. The Bertz CT molecular complexity index is 1020. The molecule has 1 aliphatic rings. The predicted molar refractivity (Wildman–Crippen MR) is 114 cm³/mol. The van der Waals surface area contributed by atoms with Crippen molar-refractivity contribution in [2.45, 2.75) is 12.8 Å². The number of para-hydroxylation sites is 1. The number of benzene rings is 3. The normalized spacial score (nSPS) is 13.4. The van der Waals surface area contributed by atoms with Crippen LogP contribution in [0.2, 0.25) is 0 Å². The zero-order chi connectivity index (χ0) is 20.1. The molecular formula is C24H22N2O3. The molecule has 1 fully saturated rings. The minimum absolute atomic E-state index is 0.100. The quantitative estimate of drug-likeness (QED) is 0.679. The topological polar surface area (TPSA) is 58.6 Å². The van der Waals surface area contributed by atoms with Gasteiger partial charge in [0, 0.05) is 29.9 Å². The van der Waals surface area contributed by atoms with E-state index in [9.17, 15) is 9.59 Å². The molecule has 4 rings (SSSR count). The minimum Gasteiger partial charge on any atom is -0.483 e. The lowest BCUT2D eigenvalue weighted by molar-refractivity contribution is -0.118. The molecule has 0 spiro atoms. The summed E-state index contributed by atoms with van der Waals surface area (Å²) in [4.78, 5) is 26.1. The molecule has 0 saturated carbocycles. The number of carbonyl (C=O) groups is 2. The largest absolute Gasteiger partial charge is 0.483 e. The first-order valence-corrected chi connectivity index (χ1v) is 9.68. The van der Waals surface area contributed by atoms with E-state index >= 15 is 0 Å². The molecule has 2 amide bonds. The van der Waals surface area contributed by atoms with Gasteiger partial charge in [0.1, 0.15) is 5.75 Å². The Kier molecular flexibility index (Phi) is 5.56. The average molecular weight is 386 g/mol. The van der Waals surface area contributed by atoms with Gasteiger partial charge in [-0.3, -0.25) is 9.59 Å². The van der Waals surface area contributed by atoms with Gasteiger partial charge < -0.3 is 15.0 Å². The Hall–Kier alpha value is -3.60. The highest BCUT2D eigenvalue weighted by atomic mass is 16.5. The van der Waals surface area contributed by atoms with E-state index in [2.05, 4.69) is 5.32 Å². The molecule has 0 aromatic heterocycles. The van der Waals surface area contributed by atoms with Crippen LogP contribution in [0.25, 0.3) is 11.1 Å². The van der Waals surface area contributed by atoms with E-state index in [0.29, 0.717) is 17.9 Å². The Morgan fingerprint density at radius 3 is 2.55 bits per heavy atom. The van der Waals surface area contributed by atoms with Crippen molar-refractivity contribution in [1.82, 2.24) is 0 Å². The van der Waals surface area contributed by atoms with Gasteiger partial charge in [-0.1, -0.05) is 54.6 Å². The second-order valence-electron chi connectivity index (χ2n) is 6.90. The summed E-state index contributed by atoms with van der Waals surface area (Å²) in [6, 6.07) is 24.9. The average Bonchev–Trinajstić information content (AvgIpc) is 3.19. The zero-order valence-corrected chi connectivity index (χ0v) is 16.0. The van der Waals surface area contributed by atoms with E-state index in [1.807, 2.05) is 72.8 Å². The molecule has 0 unspecified atom stereocenters. The number of nitrogens with zero attached hydrogens (tertiary/aromatic N) is 1. The van der Waals surface area contributed by atoms with Gasteiger partial charge in [-0.05, 0) is 36.2 Å². The van der Waals surface area contributed by atoms with Crippen LogP contribution in [0.4, 0.5) is 11.4 Å². The third kappa shape index (κ3) is 4.46. The van der Waals surface area contributed by atoms with E-state index in [4.69, 9.17) is 4.74 Å². The molecule has 0 bridgehead atoms. The van der Waals surface area contributed by atoms with Crippen LogP contribution in [-0.2, 0) is 9.59 Å². The molecule has 0 radical (unpaired) electrons. The van der Waals surface area contributed by atoms with Crippen molar-refractivity contribution in [2.24, 2.45) is 0 Å². The molecular weight excluding hydrogens is 364 g/mol. The summed E-state index contributed by atoms with van der Waals surface area (Å²) in [5, 5.41) is 2.85. The van der Waals surface area contributed by atoms with Gasteiger partial charge in [0.15, 0.2) is 6.61 Å². The van der Waals surface area contributed by atoms with Crippen molar-refractivity contribution in [2.75, 3.05) is 23.4 Å². The van der Waals surface area contributed by atoms with E-state index in [0.717, 1.165) is 29.8 Å². The second-order valence-corrected chi connectivity index (χ2v) is 6.90. The Morgan fingerprint density at radius 2 is 1.76 bits per heavy atom. The van der Waals surface area contributed by atoms with E-state index in [-0.39, 0.29) is 18.4 Å². The van der Waals surface area contributed by atoms with Gasteiger partial charge in [0.05, 0.1) is 0 Å². The summed E-state index contributed by atoms with van der Waals surface area (Å²) in [5.74, 6) is 0.525. The first-order chi connectivity index (χ1) is 14.2. The number of hydrogen-bond acceptors (Lipinski definition) is 3. The van der Waals surface area contributed by atoms with E-state index in [1.54, 1.807) is 11.0 Å². The number of carbonyl (C=O) groups excluding carboxylic acids is 2. The van der Waals surface area contributed by atoms with Gasteiger partial charge >= 0.3 is 0 Å². The Balaban J connectivity index is 1.41. The Labute approximate surface area is 169 Å². The van der Waals surface area contributed by atoms with Crippen molar-refractivity contribution in [3.8, 4) is 16.9 Å². The molecule has 1 aliphatic heterocycles. The molecule has 1 saturated heterocycles. The fourth-order valence-electron chi connectivity index (χ4n) is 3.46. The van der Waals surface area contributed by atoms with Crippen molar-refractivity contribution < 1.29 is 14.3 Å². The first kappa shape index (κ1) is 18.7. The maximum Gasteiger partial charge on any atom is 0.262 e. The summed E-state index contributed by atoms with van der Waals surface area (Å²) in [6.07, 6.45) is 1.44. The highest BCUT2D eigenvalue weighted by Gasteiger charge is 2.21. The maximum atomic E-state index is 12.4. The summed E-state index contributed by atoms with van der Waals surface area (Å²) in [7, 11) is 0. The second kappa shape index (κ2) is 8.61. The monoisotopic (exact) mass is 386 g/mol. The number of anilines is 2. The summed E-state index contributed by atoms with van der Waals surface area (Å²) >= 11 is 0. The van der Waals surface area contributed by atoms with Gasteiger partial charge in [0.2, 0.25) is 5.91 Å². The van der Waals surface area contributed by atoms with Gasteiger partial charge in [0.25, 0.3) is 5.91 Å².